The SMILES string of the molecule is CCOC(=O)c1ncn2c(C)cc(-c3cccc(OC4CC4)c3)nc12. The van der Waals surface area contributed by atoms with Crippen molar-refractivity contribution in [3.05, 3.63) is 48.0 Å². The minimum atomic E-state index is -0.458. The molecule has 0 saturated heterocycles. The predicted molar refractivity (Wildman–Crippen MR) is 92.8 cm³/mol. The number of fused-ring (bicyclic) bond motifs is 1. The second-order valence-corrected chi connectivity index (χ2v) is 6.14. The van der Waals surface area contributed by atoms with Crippen LogP contribution in [0.25, 0.3) is 16.9 Å². The number of hydrogen-bond donors (Lipinski definition) is 0. The number of ether oxygens (including phenoxy) is 2. The van der Waals surface area contributed by atoms with Gasteiger partial charge in [-0.15, -0.1) is 0 Å². The largest absolute Gasteiger partial charge is 0.490 e. The van der Waals surface area contributed by atoms with Crippen molar-refractivity contribution in [1.82, 2.24) is 14.4 Å². The third kappa shape index (κ3) is 3.07. The van der Waals surface area contributed by atoms with E-state index in [0.717, 1.165) is 35.5 Å². The van der Waals surface area contributed by atoms with Crippen LogP contribution in [0, 0.1) is 6.92 Å². The second kappa shape index (κ2) is 6.20. The van der Waals surface area contributed by atoms with Gasteiger partial charge in [0.05, 0.1) is 18.4 Å². The summed E-state index contributed by atoms with van der Waals surface area (Å²) in [4.78, 5) is 20.9. The molecule has 4 rings (SSSR count). The van der Waals surface area contributed by atoms with Crippen molar-refractivity contribution in [2.24, 2.45) is 0 Å². The van der Waals surface area contributed by atoms with Crippen LogP contribution < -0.4 is 4.74 Å². The minimum absolute atomic E-state index is 0.234. The highest BCUT2D eigenvalue weighted by Crippen LogP contribution is 2.30. The third-order valence-electron chi connectivity index (χ3n) is 4.12. The molecule has 0 radical (unpaired) electrons. The first kappa shape index (κ1) is 15.6. The number of nitrogens with zero attached hydrogens (tertiary/aromatic N) is 3. The summed E-state index contributed by atoms with van der Waals surface area (Å²) in [5.41, 5.74) is 3.40. The molecule has 1 saturated carbocycles. The fraction of sp³-hybridized carbons (Fsp3) is 0.316. The molecule has 2 heterocycles. The summed E-state index contributed by atoms with van der Waals surface area (Å²) in [6.45, 7) is 4.03. The molecule has 0 atom stereocenters. The number of carbonyl (C=O) groups excluding carboxylic acids is 1. The molecule has 1 aliphatic carbocycles. The van der Waals surface area contributed by atoms with Crippen molar-refractivity contribution in [2.75, 3.05) is 6.61 Å². The Morgan fingerprint density at radius 2 is 2.16 bits per heavy atom. The maximum absolute atomic E-state index is 12.1. The molecular formula is C19H19N3O3. The van der Waals surface area contributed by atoms with Gasteiger partial charge in [0.15, 0.2) is 11.3 Å². The Balaban J connectivity index is 1.76. The Hall–Kier alpha value is -2.89. The van der Waals surface area contributed by atoms with E-state index in [0.29, 0.717) is 18.4 Å². The first-order valence-corrected chi connectivity index (χ1v) is 8.44. The molecule has 0 spiro atoms. The van der Waals surface area contributed by atoms with Gasteiger partial charge in [-0.25, -0.2) is 14.8 Å². The van der Waals surface area contributed by atoms with Crippen molar-refractivity contribution in [3.63, 3.8) is 0 Å². The quantitative estimate of drug-likeness (QED) is 0.667. The van der Waals surface area contributed by atoms with Gasteiger partial charge >= 0.3 is 5.97 Å². The molecule has 1 aromatic carbocycles. The summed E-state index contributed by atoms with van der Waals surface area (Å²) >= 11 is 0. The third-order valence-corrected chi connectivity index (χ3v) is 4.12. The number of hydrogen-bond acceptors (Lipinski definition) is 5. The summed E-state index contributed by atoms with van der Waals surface area (Å²) in [6, 6.07) is 9.85. The predicted octanol–water partition coefficient (Wildman–Crippen LogP) is 3.42. The standard InChI is InChI=1S/C19H19N3O3/c1-3-24-19(23)17-18-21-16(9-12(2)22(18)11-20-17)13-5-4-6-15(10-13)25-14-7-8-14/h4-6,9-11,14H,3,7-8H2,1-2H3. The molecule has 0 amide bonds. The van der Waals surface area contributed by atoms with Crippen LogP contribution in [0.2, 0.25) is 0 Å². The zero-order valence-electron chi connectivity index (χ0n) is 14.2. The number of benzene rings is 1. The van der Waals surface area contributed by atoms with Crippen molar-refractivity contribution in [2.45, 2.75) is 32.8 Å². The van der Waals surface area contributed by atoms with Crippen LogP contribution in [-0.2, 0) is 4.74 Å². The monoisotopic (exact) mass is 337 g/mol. The van der Waals surface area contributed by atoms with Crippen LogP contribution in [0.1, 0.15) is 35.9 Å². The van der Waals surface area contributed by atoms with Crippen LogP contribution in [0.15, 0.2) is 36.7 Å². The number of aromatic nitrogens is 3. The van der Waals surface area contributed by atoms with Crippen LogP contribution in [0.4, 0.5) is 0 Å². The minimum Gasteiger partial charge on any atom is -0.490 e. The number of rotatable bonds is 5. The molecule has 0 aliphatic heterocycles. The Morgan fingerprint density at radius 3 is 2.92 bits per heavy atom. The van der Waals surface area contributed by atoms with Gasteiger partial charge in [-0.2, -0.15) is 0 Å². The van der Waals surface area contributed by atoms with Gasteiger partial charge in [0.1, 0.15) is 12.1 Å². The lowest BCUT2D eigenvalue weighted by Crippen LogP contribution is -2.07. The first-order valence-electron chi connectivity index (χ1n) is 8.44. The topological polar surface area (TPSA) is 65.7 Å². The van der Waals surface area contributed by atoms with E-state index >= 15 is 0 Å². The molecule has 128 valence electrons. The molecule has 6 nitrogen and oxygen atoms in total. The summed E-state index contributed by atoms with van der Waals surface area (Å²) < 4.78 is 12.7. The Labute approximate surface area is 145 Å². The zero-order valence-corrected chi connectivity index (χ0v) is 14.2. The lowest BCUT2D eigenvalue weighted by molar-refractivity contribution is 0.0522. The van der Waals surface area contributed by atoms with Gasteiger partial charge in [-0.3, -0.25) is 4.40 Å². The van der Waals surface area contributed by atoms with Gasteiger partial charge in [0.2, 0.25) is 0 Å². The van der Waals surface area contributed by atoms with E-state index in [1.807, 2.05) is 37.3 Å². The summed E-state index contributed by atoms with van der Waals surface area (Å²) in [6.07, 6.45) is 4.18. The first-order chi connectivity index (χ1) is 12.2. The molecule has 0 N–H and O–H groups in total. The summed E-state index contributed by atoms with van der Waals surface area (Å²) in [5.74, 6) is 0.387. The molecule has 0 unspecified atom stereocenters. The molecule has 0 bridgehead atoms. The summed E-state index contributed by atoms with van der Waals surface area (Å²) in [7, 11) is 0. The van der Waals surface area contributed by atoms with E-state index in [2.05, 4.69) is 9.97 Å². The molecule has 3 aromatic rings. The van der Waals surface area contributed by atoms with E-state index in [4.69, 9.17) is 9.47 Å². The number of aryl methyl sites for hydroxylation is 1. The van der Waals surface area contributed by atoms with Gasteiger partial charge in [-0.05, 0) is 44.9 Å². The smallest absolute Gasteiger partial charge is 0.360 e. The average Bonchev–Trinajstić information content (AvgIpc) is 3.30. The zero-order chi connectivity index (χ0) is 17.4. The Morgan fingerprint density at radius 1 is 1.32 bits per heavy atom. The fourth-order valence-electron chi connectivity index (χ4n) is 2.72. The van der Waals surface area contributed by atoms with Crippen LogP contribution in [-0.4, -0.2) is 33.0 Å². The van der Waals surface area contributed by atoms with E-state index in [9.17, 15) is 4.79 Å². The number of imidazole rings is 1. The Kier molecular flexibility index (Phi) is 3.87. The molecule has 1 fully saturated rings. The maximum Gasteiger partial charge on any atom is 0.360 e. The van der Waals surface area contributed by atoms with Crippen LogP contribution in [0.3, 0.4) is 0 Å². The molecule has 2 aromatic heterocycles. The fourth-order valence-corrected chi connectivity index (χ4v) is 2.72. The van der Waals surface area contributed by atoms with E-state index < -0.39 is 5.97 Å². The molecule has 25 heavy (non-hydrogen) atoms. The number of carbonyl (C=O) groups is 1. The normalized spacial score (nSPS) is 13.8. The second-order valence-electron chi connectivity index (χ2n) is 6.14. The molecule has 1 aliphatic rings. The van der Waals surface area contributed by atoms with Crippen molar-refractivity contribution < 1.29 is 14.3 Å². The lowest BCUT2D eigenvalue weighted by atomic mass is 10.1. The van der Waals surface area contributed by atoms with E-state index in [-0.39, 0.29) is 5.69 Å². The van der Waals surface area contributed by atoms with Crippen molar-refractivity contribution in [3.8, 4) is 17.0 Å². The van der Waals surface area contributed by atoms with Crippen molar-refractivity contribution >= 4 is 11.6 Å². The average molecular weight is 337 g/mol. The van der Waals surface area contributed by atoms with E-state index in [1.54, 1.807) is 17.7 Å². The van der Waals surface area contributed by atoms with Crippen molar-refractivity contribution in [1.29, 1.82) is 0 Å². The highest BCUT2D eigenvalue weighted by atomic mass is 16.5. The van der Waals surface area contributed by atoms with Crippen LogP contribution >= 0.6 is 0 Å². The summed E-state index contributed by atoms with van der Waals surface area (Å²) in [5, 5.41) is 0. The highest BCUT2D eigenvalue weighted by molar-refractivity contribution is 5.94. The molecule has 6 heteroatoms. The Bertz CT molecular complexity index is 944. The molecular weight excluding hydrogens is 318 g/mol. The maximum atomic E-state index is 12.1. The highest BCUT2D eigenvalue weighted by Gasteiger charge is 2.23. The van der Waals surface area contributed by atoms with Gasteiger partial charge < -0.3 is 9.47 Å². The number of esters is 1. The van der Waals surface area contributed by atoms with Crippen LogP contribution in [0.5, 0.6) is 5.75 Å². The van der Waals surface area contributed by atoms with Gasteiger partial charge in [0, 0.05) is 11.3 Å². The van der Waals surface area contributed by atoms with Gasteiger partial charge in [-0.1, -0.05) is 12.1 Å². The van der Waals surface area contributed by atoms with Gasteiger partial charge in [0.25, 0.3) is 0 Å². The van der Waals surface area contributed by atoms with E-state index in [1.165, 1.54) is 0 Å². The lowest BCUT2D eigenvalue weighted by Gasteiger charge is -2.09.